The summed E-state index contributed by atoms with van der Waals surface area (Å²) in [5.74, 6) is 0.834. The highest BCUT2D eigenvalue weighted by Crippen LogP contribution is 2.35. The summed E-state index contributed by atoms with van der Waals surface area (Å²) in [6, 6.07) is 9.62. The van der Waals surface area contributed by atoms with Crippen molar-refractivity contribution < 1.29 is 0 Å². The average molecular weight is 371 g/mol. The molecule has 2 rings (SSSR count). The van der Waals surface area contributed by atoms with Gasteiger partial charge in [0.15, 0.2) is 0 Å². The second-order valence-corrected chi connectivity index (χ2v) is 9.43. The molecule has 0 aromatic heterocycles. The first-order valence-corrected chi connectivity index (χ1v) is 11.5. The molecular weight excluding hydrogens is 324 g/mol. The third-order valence-corrected chi connectivity index (χ3v) is 6.56. The van der Waals surface area contributed by atoms with Gasteiger partial charge in [-0.25, -0.2) is 0 Å². The first kappa shape index (κ1) is 24.0. The van der Waals surface area contributed by atoms with Crippen LogP contribution in [0.4, 0.5) is 0 Å². The Morgan fingerprint density at radius 2 is 1.48 bits per heavy atom. The van der Waals surface area contributed by atoms with E-state index in [4.69, 9.17) is 0 Å². The molecule has 1 aromatic carbocycles. The average Bonchev–Trinajstić information content (AvgIpc) is 2.68. The lowest BCUT2D eigenvalue weighted by atomic mass is 9.78. The van der Waals surface area contributed by atoms with E-state index in [1.807, 2.05) is 0 Å². The van der Waals surface area contributed by atoms with Crippen LogP contribution in [0.3, 0.4) is 0 Å². The standard InChI is InChI=1S/C20H32.C7H14/c1-4-5-9-16-20(2,3)19-14-12-18(13-15-19)17-10-7-6-8-11-17;1-5-7(4)6(2)3/h12-15,17H,4-11,16H2,1-3H3;5H2,1-4H3. The van der Waals surface area contributed by atoms with Crippen molar-refractivity contribution in [1.82, 2.24) is 0 Å². The Bertz CT molecular complexity index is 534. The number of hydrogen-bond donors (Lipinski definition) is 0. The largest absolute Gasteiger partial charge is 0.0775 e. The van der Waals surface area contributed by atoms with E-state index < -0.39 is 0 Å². The van der Waals surface area contributed by atoms with Crippen LogP contribution in [0.5, 0.6) is 0 Å². The van der Waals surface area contributed by atoms with Gasteiger partial charge in [-0.2, -0.15) is 0 Å². The van der Waals surface area contributed by atoms with Gasteiger partial charge in [0, 0.05) is 0 Å². The fourth-order valence-electron chi connectivity index (χ4n) is 3.96. The van der Waals surface area contributed by atoms with Gasteiger partial charge in [-0.1, -0.05) is 102 Å². The van der Waals surface area contributed by atoms with Crippen molar-refractivity contribution in [2.45, 2.75) is 124 Å². The SMILES string of the molecule is CCC(C)=C(C)C.CCCCCC(C)(C)c1ccc(C2CCCCC2)cc1. The van der Waals surface area contributed by atoms with E-state index in [2.05, 4.69) is 72.7 Å². The molecule has 1 aliphatic carbocycles. The molecule has 1 aromatic rings. The zero-order chi connectivity index (χ0) is 20.3. The minimum atomic E-state index is 0.334. The Labute approximate surface area is 170 Å². The molecular formula is C27H46. The molecule has 1 aliphatic rings. The molecule has 1 fully saturated rings. The molecule has 154 valence electrons. The summed E-state index contributed by atoms with van der Waals surface area (Å²) in [5, 5.41) is 0. The van der Waals surface area contributed by atoms with Gasteiger partial charge in [0.2, 0.25) is 0 Å². The molecule has 0 bridgehead atoms. The summed E-state index contributed by atoms with van der Waals surface area (Å²) in [5.41, 5.74) is 6.41. The lowest BCUT2D eigenvalue weighted by molar-refractivity contribution is 0.440. The van der Waals surface area contributed by atoms with Crippen molar-refractivity contribution in [3.63, 3.8) is 0 Å². The maximum absolute atomic E-state index is 2.41. The number of hydrogen-bond acceptors (Lipinski definition) is 0. The second-order valence-electron chi connectivity index (χ2n) is 9.43. The Morgan fingerprint density at radius 1 is 0.889 bits per heavy atom. The summed E-state index contributed by atoms with van der Waals surface area (Å²) < 4.78 is 0. The maximum Gasteiger partial charge on any atom is -0.0104 e. The van der Waals surface area contributed by atoms with Crippen molar-refractivity contribution >= 4 is 0 Å². The van der Waals surface area contributed by atoms with Crippen LogP contribution in [-0.2, 0) is 5.41 Å². The molecule has 0 nitrogen and oxygen atoms in total. The van der Waals surface area contributed by atoms with Crippen LogP contribution >= 0.6 is 0 Å². The number of rotatable bonds is 7. The lowest BCUT2D eigenvalue weighted by Crippen LogP contribution is -2.17. The monoisotopic (exact) mass is 370 g/mol. The quantitative estimate of drug-likeness (QED) is 0.331. The summed E-state index contributed by atoms with van der Waals surface area (Å²) in [6.45, 7) is 15.7. The number of allylic oxidation sites excluding steroid dienone is 2. The lowest BCUT2D eigenvalue weighted by Gasteiger charge is -2.27. The molecule has 0 atom stereocenters. The molecule has 0 amide bonds. The van der Waals surface area contributed by atoms with Crippen LogP contribution in [-0.4, -0.2) is 0 Å². The smallest absolute Gasteiger partial charge is 0.0104 e. The first-order chi connectivity index (χ1) is 12.8. The third-order valence-electron chi connectivity index (χ3n) is 6.56. The van der Waals surface area contributed by atoms with Crippen LogP contribution < -0.4 is 0 Å². The third kappa shape index (κ3) is 8.67. The zero-order valence-corrected chi connectivity index (χ0v) is 19.5. The van der Waals surface area contributed by atoms with Crippen LogP contribution in [0.25, 0.3) is 0 Å². The van der Waals surface area contributed by atoms with Crippen LogP contribution in [0.15, 0.2) is 35.4 Å². The highest BCUT2D eigenvalue weighted by molar-refractivity contribution is 5.30. The second kappa shape index (κ2) is 12.4. The van der Waals surface area contributed by atoms with Gasteiger partial charge >= 0.3 is 0 Å². The highest BCUT2D eigenvalue weighted by Gasteiger charge is 2.21. The van der Waals surface area contributed by atoms with E-state index in [1.54, 1.807) is 5.56 Å². The molecule has 0 saturated heterocycles. The van der Waals surface area contributed by atoms with Gasteiger partial charge < -0.3 is 0 Å². The Hall–Kier alpha value is -1.04. The summed E-state index contributed by atoms with van der Waals surface area (Å²) in [4.78, 5) is 0. The molecule has 0 aliphatic heterocycles. The van der Waals surface area contributed by atoms with E-state index in [-0.39, 0.29) is 0 Å². The minimum Gasteiger partial charge on any atom is -0.0775 e. The molecule has 0 spiro atoms. The summed E-state index contributed by atoms with van der Waals surface area (Å²) in [6.07, 6.45) is 13.6. The van der Waals surface area contributed by atoms with Gasteiger partial charge in [-0.15, -0.1) is 0 Å². The first-order valence-electron chi connectivity index (χ1n) is 11.5. The molecule has 1 saturated carbocycles. The van der Waals surface area contributed by atoms with Crippen molar-refractivity contribution in [2.75, 3.05) is 0 Å². The van der Waals surface area contributed by atoms with Gasteiger partial charge in [-0.05, 0) is 68.9 Å². The molecule has 0 N–H and O–H groups in total. The number of benzene rings is 1. The zero-order valence-electron chi connectivity index (χ0n) is 19.5. The van der Waals surface area contributed by atoms with Gasteiger partial charge in [-0.3, -0.25) is 0 Å². The van der Waals surface area contributed by atoms with E-state index in [1.165, 1.54) is 80.9 Å². The fourth-order valence-corrected chi connectivity index (χ4v) is 3.96. The summed E-state index contributed by atoms with van der Waals surface area (Å²) in [7, 11) is 0. The van der Waals surface area contributed by atoms with Gasteiger partial charge in [0.05, 0.1) is 0 Å². The molecule has 0 radical (unpaired) electrons. The highest BCUT2D eigenvalue weighted by atomic mass is 14.3. The van der Waals surface area contributed by atoms with E-state index in [9.17, 15) is 0 Å². The van der Waals surface area contributed by atoms with Crippen LogP contribution in [0.2, 0.25) is 0 Å². The molecule has 27 heavy (non-hydrogen) atoms. The van der Waals surface area contributed by atoms with Crippen LogP contribution in [0, 0.1) is 0 Å². The summed E-state index contributed by atoms with van der Waals surface area (Å²) >= 11 is 0. The molecule has 0 heterocycles. The van der Waals surface area contributed by atoms with Crippen molar-refractivity contribution in [1.29, 1.82) is 0 Å². The van der Waals surface area contributed by atoms with Crippen molar-refractivity contribution in [2.24, 2.45) is 0 Å². The van der Waals surface area contributed by atoms with E-state index >= 15 is 0 Å². The van der Waals surface area contributed by atoms with Gasteiger partial charge in [0.1, 0.15) is 0 Å². The Kier molecular flexibility index (Phi) is 11.0. The van der Waals surface area contributed by atoms with Crippen molar-refractivity contribution in [3.8, 4) is 0 Å². The Balaban J connectivity index is 0.000000445. The van der Waals surface area contributed by atoms with Crippen LogP contribution in [0.1, 0.15) is 130 Å². The minimum absolute atomic E-state index is 0.334. The predicted octanol–water partition coefficient (Wildman–Crippen LogP) is 9.34. The van der Waals surface area contributed by atoms with E-state index in [0.29, 0.717) is 5.41 Å². The normalized spacial score (nSPS) is 15.1. The maximum atomic E-state index is 2.41. The van der Waals surface area contributed by atoms with Crippen molar-refractivity contribution in [3.05, 3.63) is 46.5 Å². The molecule has 0 heteroatoms. The molecule has 0 unspecified atom stereocenters. The topological polar surface area (TPSA) is 0 Å². The number of unbranched alkanes of at least 4 members (excludes halogenated alkanes) is 2. The fraction of sp³-hybridized carbons (Fsp3) is 0.704. The van der Waals surface area contributed by atoms with Gasteiger partial charge in [0.25, 0.3) is 0 Å². The Morgan fingerprint density at radius 3 is 1.93 bits per heavy atom. The predicted molar refractivity (Wildman–Crippen MR) is 124 cm³/mol. The van der Waals surface area contributed by atoms with E-state index in [0.717, 1.165) is 5.92 Å².